The highest BCUT2D eigenvalue weighted by Crippen LogP contribution is 1.81. The topological polar surface area (TPSA) is 114 Å². The fourth-order valence-corrected chi connectivity index (χ4v) is 0.839. The number of aliphatic carboxylic acids is 1. The van der Waals surface area contributed by atoms with Crippen LogP contribution in [0.3, 0.4) is 0 Å². The number of carbonyl (C=O) groups is 3. The third kappa shape index (κ3) is 10.5. The summed E-state index contributed by atoms with van der Waals surface area (Å²) in [5.74, 6) is -1.47. The number of rotatable bonds is 8. The minimum atomic E-state index is -1.06. The highest BCUT2D eigenvalue weighted by molar-refractivity contribution is 5.75. The van der Waals surface area contributed by atoms with Gasteiger partial charge in [-0.2, -0.15) is 0 Å². The van der Waals surface area contributed by atoms with Crippen molar-refractivity contribution in [1.29, 1.82) is 0 Å². The van der Waals surface area contributed by atoms with Gasteiger partial charge in [-0.1, -0.05) is 0 Å². The van der Waals surface area contributed by atoms with E-state index in [1.807, 2.05) is 0 Å². The molecule has 0 unspecified atom stereocenters. The third-order valence-corrected chi connectivity index (χ3v) is 1.60. The molecule has 0 aromatic carbocycles. The Bertz CT molecular complexity index is 268. The summed E-state index contributed by atoms with van der Waals surface area (Å²) in [5, 5.41) is 13.1. The van der Waals surface area contributed by atoms with Crippen LogP contribution in [0.2, 0.25) is 0 Å². The predicted molar refractivity (Wildman–Crippen MR) is 56.5 cm³/mol. The van der Waals surface area contributed by atoms with Crippen LogP contribution < -0.4 is 10.6 Å². The molecule has 8 heteroatoms. The number of ether oxygens (including phenoxy) is 2. The van der Waals surface area contributed by atoms with Crippen LogP contribution in [0.1, 0.15) is 6.42 Å². The van der Waals surface area contributed by atoms with Crippen molar-refractivity contribution < 1.29 is 29.0 Å². The molecule has 0 saturated heterocycles. The molecule has 0 aromatic rings. The summed E-state index contributed by atoms with van der Waals surface area (Å²) < 4.78 is 9.07. The highest BCUT2D eigenvalue weighted by atomic mass is 16.5. The Balaban J connectivity index is 3.35. The van der Waals surface area contributed by atoms with E-state index in [4.69, 9.17) is 5.11 Å². The first kappa shape index (κ1) is 15.2. The minimum absolute atomic E-state index is 0.0967. The summed E-state index contributed by atoms with van der Waals surface area (Å²) in [7, 11) is 1.27. The van der Waals surface area contributed by atoms with Crippen molar-refractivity contribution in [2.75, 3.05) is 33.4 Å². The summed E-state index contributed by atoms with van der Waals surface area (Å²) in [6.45, 7) is 0.0776. The van der Waals surface area contributed by atoms with Gasteiger partial charge in [0.25, 0.3) is 0 Å². The average molecular weight is 248 g/mol. The lowest BCUT2D eigenvalue weighted by Crippen LogP contribution is -2.38. The molecule has 0 bridgehead atoms. The van der Waals surface area contributed by atoms with Crippen LogP contribution in [0.5, 0.6) is 0 Å². The van der Waals surface area contributed by atoms with Gasteiger partial charge in [0, 0.05) is 13.1 Å². The summed E-state index contributed by atoms with van der Waals surface area (Å²) in [5.41, 5.74) is 0. The molecule has 0 spiro atoms. The van der Waals surface area contributed by atoms with Gasteiger partial charge in [-0.15, -0.1) is 0 Å². The molecular weight excluding hydrogens is 232 g/mol. The SMILES string of the molecule is COC(=O)CCNC(=O)NCCOCC(=O)O. The zero-order valence-electron chi connectivity index (χ0n) is 9.52. The fraction of sp³-hybridized carbons (Fsp3) is 0.667. The number of carbonyl (C=O) groups excluding carboxylic acids is 2. The molecule has 0 aliphatic heterocycles. The lowest BCUT2D eigenvalue weighted by atomic mass is 10.4. The van der Waals surface area contributed by atoms with Crippen molar-refractivity contribution >= 4 is 18.0 Å². The lowest BCUT2D eigenvalue weighted by molar-refractivity contribution is -0.142. The van der Waals surface area contributed by atoms with E-state index in [0.29, 0.717) is 0 Å². The van der Waals surface area contributed by atoms with Crippen LogP contribution in [-0.4, -0.2) is 56.5 Å². The lowest BCUT2D eigenvalue weighted by Gasteiger charge is -2.06. The first-order valence-electron chi connectivity index (χ1n) is 4.94. The van der Waals surface area contributed by atoms with E-state index in [0.717, 1.165) is 0 Å². The van der Waals surface area contributed by atoms with Crippen LogP contribution in [0.4, 0.5) is 4.79 Å². The molecule has 3 N–H and O–H groups in total. The van der Waals surface area contributed by atoms with E-state index in [1.54, 1.807) is 0 Å². The van der Waals surface area contributed by atoms with Gasteiger partial charge in [-0.05, 0) is 0 Å². The molecule has 0 fully saturated rings. The van der Waals surface area contributed by atoms with Gasteiger partial charge in [0.15, 0.2) is 0 Å². The molecule has 0 aliphatic rings. The van der Waals surface area contributed by atoms with Crippen LogP contribution in [0, 0.1) is 0 Å². The molecule has 98 valence electrons. The van der Waals surface area contributed by atoms with Gasteiger partial charge < -0.3 is 25.2 Å². The normalized spacial score (nSPS) is 9.47. The Morgan fingerprint density at radius 1 is 1.18 bits per heavy atom. The maximum absolute atomic E-state index is 11.1. The quantitative estimate of drug-likeness (QED) is 0.373. The van der Waals surface area contributed by atoms with E-state index in [2.05, 4.69) is 20.1 Å². The smallest absolute Gasteiger partial charge is 0.329 e. The Hall–Kier alpha value is -1.83. The number of carboxylic acid groups (broad SMARTS) is 1. The second kappa shape index (κ2) is 9.40. The molecule has 0 aliphatic carbocycles. The largest absolute Gasteiger partial charge is 0.480 e. The van der Waals surface area contributed by atoms with Crippen molar-refractivity contribution in [2.45, 2.75) is 6.42 Å². The molecule has 0 aromatic heterocycles. The average Bonchev–Trinajstić information content (AvgIpc) is 2.27. The van der Waals surface area contributed by atoms with E-state index < -0.39 is 24.6 Å². The number of hydrogen-bond donors (Lipinski definition) is 3. The van der Waals surface area contributed by atoms with E-state index in [-0.39, 0.29) is 26.1 Å². The second-order valence-electron chi connectivity index (χ2n) is 2.96. The number of amides is 2. The zero-order chi connectivity index (χ0) is 13.1. The number of nitrogens with one attached hydrogen (secondary N) is 2. The molecule has 2 amide bonds. The first-order valence-corrected chi connectivity index (χ1v) is 4.94. The first-order chi connectivity index (χ1) is 8.06. The van der Waals surface area contributed by atoms with Crippen molar-refractivity contribution in [3.8, 4) is 0 Å². The van der Waals surface area contributed by atoms with E-state index >= 15 is 0 Å². The van der Waals surface area contributed by atoms with Crippen molar-refractivity contribution in [3.63, 3.8) is 0 Å². The Morgan fingerprint density at radius 2 is 1.82 bits per heavy atom. The maximum atomic E-state index is 11.1. The number of esters is 1. The second-order valence-corrected chi connectivity index (χ2v) is 2.96. The standard InChI is InChI=1S/C9H16N2O6/c1-16-8(14)2-3-10-9(15)11-4-5-17-6-7(12)13/h2-6H2,1H3,(H,12,13)(H2,10,11,15). The summed E-state index contributed by atoms with van der Waals surface area (Å²) in [6.07, 6.45) is 0.0967. The van der Waals surface area contributed by atoms with Gasteiger partial charge in [0.2, 0.25) is 0 Å². The van der Waals surface area contributed by atoms with Crippen molar-refractivity contribution in [2.24, 2.45) is 0 Å². The highest BCUT2D eigenvalue weighted by Gasteiger charge is 2.03. The van der Waals surface area contributed by atoms with Crippen LogP contribution in [-0.2, 0) is 19.1 Å². The Labute approximate surface area is 98.3 Å². The van der Waals surface area contributed by atoms with Gasteiger partial charge in [-0.25, -0.2) is 9.59 Å². The molecule has 0 saturated carbocycles. The molecule has 17 heavy (non-hydrogen) atoms. The van der Waals surface area contributed by atoms with Gasteiger partial charge in [0.1, 0.15) is 6.61 Å². The Morgan fingerprint density at radius 3 is 2.41 bits per heavy atom. The molecule has 0 radical (unpaired) electrons. The van der Waals surface area contributed by atoms with E-state index in [1.165, 1.54) is 7.11 Å². The number of carboxylic acids is 1. The fourth-order valence-electron chi connectivity index (χ4n) is 0.839. The molecule has 0 heterocycles. The van der Waals surface area contributed by atoms with Gasteiger partial charge in [-0.3, -0.25) is 4.79 Å². The summed E-state index contributed by atoms with van der Waals surface area (Å²) in [6, 6.07) is -0.451. The molecular formula is C9H16N2O6. The summed E-state index contributed by atoms with van der Waals surface area (Å²) >= 11 is 0. The summed E-state index contributed by atoms with van der Waals surface area (Å²) in [4.78, 5) is 31.8. The Kier molecular flexibility index (Phi) is 8.39. The zero-order valence-corrected chi connectivity index (χ0v) is 9.52. The molecule has 8 nitrogen and oxygen atoms in total. The molecule has 0 rings (SSSR count). The van der Waals surface area contributed by atoms with Crippen LogP contribution >= 0.6 is 0 Å². The predicted octanol–water partition coefficient (Wildman–Crippen LogP) is -1.05. The van der Waals surface area contributed by atoms with Gasteiger partial charge in [0.05, 0.1) is 20.1 Å². The number of methoxy groups -OCH3 is 1. The number of hydrogen-bond acceptors (Lipinski definition) is 5. The maximum Gasteiger partial charge on any atom is 0.329 e. The minimum Gasteiger partial charge on any atom is -0.480 e. The van der Waals surface area contributed by atoms with Crippen LogP contribution in [0.25, 0.3) is 0 Å². The molecule has 0 atom stereocenters. The number of urea groups is 1. The van der Waals surface area contributed by atoms with E-state index in [9.17, 15) is 14.4 Å². The third-order valence-electron chi connectivity index (χ3n) is 1.60. The monoisotopic (exact) mass is 248 g/mol. The van der Waals surface area contributed by atoms with Gasteiger partial charge >= 0.3 is 18.0 Å². The van der Waals surface area contributed by atoms with Crippen molar-refractivity contribution in [1.82, 2.24) is 10.6 Å². The van der Waals surface area contributed by atoms with Crippen LogP contribution in [0.15, 0.2) is 0 Å². The van der Waals surface area contributed by atoms with Crippen molar-refractivity contribution in [3.05, 3.63) is 0 Å².